The first-order chi connectivity index (χ1) is 15.8. The summed E-state index contributed by atoms with van der Waals surface area (Å²) >= 11 is 0.855. The molecule has 1 aliphatic heterocycles. The van der Waals surface area contributed by atoms with Gasteiger partial charge in [-0.2, -0.15) is 23.1 Å². The number of benzene rings is 1. The molecule has 0 amide bonds. The van der Waals surface area contributed by atoms with Gasteiger partial charge in [0.15, 0.2) is 11.0 Å². The van der Waals surface area contributed by atoms with Crippen LogP contribution in [0.4, 0.5) is 24.0 Å². The number of nitro benzene ring substituents is 1. The average Bonchev–Trinajstić information content (AvgIpc) is 3.23. The van der Waals surface area contributed by atoms with E-state index in [-0.39, 0.29) is 21.2 Å². The van der Waals surface area contributed by atoms with Gasteiger partial charge in [0.2, 0.25) is 5.89 Å². The summed E-state index contributed by atoms with van der Waals surface area (Å²) in [5.41, 5.74) is -3.62. The molecule has 9 nitrogen and oxygen atoms in total. The Bertz CT molecular complexity index is 1320. The lowest BCUT2D eigenvalue weighted by molar-refractivity contribution is -0.383. The van der Waals surface area contributed by atoms with Crippen molar-refractivity contribution in [3.8, 4) is 0 Å². The molecule has 0 N–H and O–H groups in total. The van der Waals surface area contributed by atoms with Crippen molar-refractivity contribution < 1.29 is 22.6 Å². The topological polar surface area (TPSA) is 115 Å². The first-order valence-electron chi connectivity index (χ1n) is 10.6. The highest BCUT2D eigenvalue weighted by molar-refractivity contribution is 7.22. The van der Waals surface area contributed by atoms with E-state index in [1.54, 1.807) is 4.90 Å². The van der Waals surface area contributed by atoms with Crippen LogP contribution in [0.5, 0.6) is 0 Å². The van der Waals surface area contributed by atoms with Gasteiger partial charge in [0, 0.05) is 30.0 Å². The number of aromatic nitrogens is 3. The van der Waals surface area contributed by atoms with Crippen LogP contribution in [-0.2, 0) is 11.6 Å². The summed E-state index contributed by atoms with van der Waals surface area (Å²) < 4.78 is 45.5. The molecule has 2 aromatic heterocycles. The average molecular weight is 497 g/mol. The highest BCUT2D eigenvalue weighted by atomic mass is 32.1. The molecule has 1 fully saturated rings. The first kappa shape index (κ1) is 24.0. The largest absolute Gasteiger partial charge is 0.416 e. The Morgan fingerprint density at radius 1 is 1.21 bits per heavy atom. The fourth-order valence-electron chi connectivity index (χ4n) is 3.94. The fourth-order valence-corrected chi connectivity index (χ4v) is 5.14. The van der Waals surface area contributed by atoms with Gasteiger partial charge >= 0.3 is 6.18 Å². The minimum atomic E-state index is -4.83. The Morgan fingerprint density at radius 2 is 1.85 bits per heavy atom. The summed E-state index contributed by atoms with van der Waals surface area (Å²) in [6.45, 7) is 7.93. The molecule has 182 valence electrons. The Hall–Kier alpha value is -3.09. The lowest BCUT2D eigenvalue weighted by Crippen LogP contribution is -2.34. The molecule has 13 heteroatoms. The number of halogens is 3. The van der Waals surface area contributed by atoms with E-state index in [2.05, 4.69) is 15.1 Å². The number of hydrogen-bond acceptors (Lipinski definition) is 9. The van der Waals surface area contributed by atoms with Crippen molar-refractivity contribution in [2.24, 2.45) is 0 Å². The number of hydrogen-bond donors (Lipinski definition) is 0. The van der Waals surface area contributed by atoms with Crippen molar-refractivity contribution in [2.45, 2.75) is 58.0 Å². The zero-order chi connectivity index (χ0) is 25.0. The van der Waals surface area contributed by atoms with Crippen molar-refractivity contribution in [2.75, 3.05) is 18.0 Å². The molecular weight excluding hydrogens is 475 g/mol. The van der Waals surface area contributed by atoms with E-state index in [0.717, 1.165) is 18.3 Å². The summed E-state index contributed by atoms with van der Waals surface area (Å²) in [5, 5.41) is 15.5. The molecule has 0 saturated carbocycles. The van der Waals surface area contributed by atoms with Crippen LogP contribution in [0, 0.1) is 17.0 Å². The summed E-state index contributed by atoms with van der Waals surface area (Å²) in [5.74, 6) is 1.17. The molecule has 3 heterocycles. The minimum Gasteiger partial charge on any atom is -0.348 e. The van der Waals surface area contributed by atoms with E-state index in [9.17, 15) is 28.1 Å². The van der Waals surface area contributed by atoms with Gasteiger partial charge in [-0.1, -0.05) is 37.3 Å². The van der Waals surface area contributed by atoms with Crippen molar-refractivity contribution in [3.63, 3.8) is 0 Å². The number of anilines is 1. The number of alkyl halides is 3. The summed E-state index contributed by atoms with van der Waals surface area (Å²) in [6.07, 6.45) is -3.58. The molecule has 1 aliphatic rings. The number of piperidine rings is 1. The standard InChI is InChI=1S/C21H22F3N5O4S/c1-10-13(21(22,23)24)9-12-15(14(10)29(31)32)34-19(25-16(12)30)28-7-5-11(6-8-28)17-26-18(27-33-17)20(2,3)4/h9,11H,5-8H2,1-4H3. The molecule has 0 atom stereocenters. The fraction of sp³-hybridized carbons (Fsp3) is 0.524. The van der Waals surface area contributed by atoms with Crippen LogP contribution in [-0.4, -0.2) is 33.1 Å². The van der Waals surface area contributed by atoms with E-state index in [0.29, 0.717) is 43.7 Å². The van der Waals surface area contributed by atoms with Crippen LogP contribution in [0.15, 0.2) is 15.4 Å². The number of nitrogens with zero attached hydrogens (tertiary/aromatic N) is 5. The minimum absolute atomic E-state index is 0.0166. The Morgan fingerprint density at radius 3 is 2.38 bits per heavy atom. The van der Waals surface area contributed by atoms with E-state index >= 15 is 0 Å². The van der Waals surface area contributed by atoms with Gasteiger partial charge in [-0.3, -0.25) is 14.9 Å². The van der Waals surface area contributed by atoms with Crippen LogP contribution in [0.2, 0.25) is 0 Å². The molecule has 0 aliphatic carbocycles. The third-order valence-corrected chi connectivity index (χ3v) is 6.99. The van der Waals surface area contributed by atoms with Crippen molar-refractivity contribution in [1.82, 2.24) is 15.1 Å². The molecule has 1 saturated heterocycles. The van der Waals surface area contributed by atoms with E-state index in [1.807, 2.05) is 20.8 Å². The number of nitro groups is 1. The quantitative estimate of drug-likeness (QED) is 0.368. The Kier molecular flexibility index (Phi) is 5.86. The Balaban J connectivity index is 1.66. The molecule has 0 unspecified atom stereocenters. The molecule has 1 aromatic carbocycles. The second-order valence-corrected chi connectivity index (χ2v) is 10.3. The van der Waals surface area contributed by atoms with Crippen LogP contribution in [0.3, 0.4) is 0 Å². The monoisotopic (exact) mass is 497 g/mol. The normalized spacial score (nSPS) is 15.8. The summed E-state index contributed by atoms with van der Waals surface area (Å²) in [7, 11) is 0. The number of fused-ring (bicyclic) bond motifs is 1. The maximum atomic E-state index is 13.4. The van der Waals surface area contributed by atoms with Gasteiger partial charge in [-0.25, -0.2) is 0 Å². The molecule has 3 aromatic rings. The van der Waals surface area contributed by atoms with Crippen molar-refractivity contribution in [1.29, 1.82) is 0 Å². The maximum absolute atomic E-state index is 13.4. The highest BCUT2D eigenvalue weighted by Crippen LogP contribution is 2.42. The van der Waals surface area contributed by atoms with Gasteiger partial charge in [-0.15, -0.1) is 0 Å². The zero-order valence-corrected chi connectivity index (χ0v) is 19.7. The predicted molar refractivity (Wildman–Crippen MR) is 119 cm³/mol. The second kappa shape index (κ2) is 8.29. The zero-order valence-electron chi connectivity index (χ0n) is 18.9. The maximum Gasteiger partial charge on any atom is 0.416 e. The lowest BCUT2D eigenvalue weighted by Gasteiger charge is -2.30. The first-order valence-corrected chi connectivity index (χ1v) is 11.4. The Labute approximate surface area is 195 Å². The van der Waals surface area contributed by atoms with Crippen LogP contribution in [0.1, 0.15) is 62.4 Å². The summed E-state index contributed by atoms with van der Waals surface area (Å²) in [4.78, 5) is 33.7. The van der Waals surface area contributed by atoms with Crippen LogP contribution < -0.4 is 10.5 Å². The molecule has 4 rings (SSSR count). The molecule has 0 bridgehead atoms. The number of rotatable bonds is 3. The highest BCUT2D eigenvalue weighted by Gasteiger charge is 2.38. The predicted octanol–water partition coefficient (Wildman–Crippen LogP) is 4.96. The van der Waals surface area contributed by atoms with E-state index in [4.69, 9.17) is 4.52 Å². The van der Waals surface area contributed by atoms with Crippen LogP contribution >= 0.6 is 11.3 Å². The molecule has 0 radical (unpaired) electrons. The van der Waals surface area contributed by atoms with E-state index in [1.165, 1.54) is 0 Å². The SMILES string of the molecule is Cc1c(C(F)(F)F)cc2c(=O)nc(N3CCC(c4nc(C(C)(C)C)no4)CC3)sc2c1[N+](=O)[O-]. The van der Waals surface area contributed by atoms with Crippen molar-refractivity contribution >= 4 is 32.2 Å². The third-order valence-electron chi connectivity index (χ3n) is 5.84. The van der Waals surface area contributed by atoms with Gasteiger partial charge < -0.3 is 9.42 Å². The lowest BCUT2D eigenvalue weighted by atomic mass is 9.95. The molecular formula is C21H22F3N5O4S. The van der Waals surface area contributed by atoms with Crippen LogP contribution in [0.25, 0.3) is 10.1 Å². The smallest absolute Gasteiger partial charge is 0.348 e. The van der Waals surface area contributed by atoms with Gasteiger partial charge in [-0.05, 0) is 25.8 Å². The van der Waals surface area contributed by atoms with Crippen molar-refractivity contribution in [3.05, 3.63) is 49.4 Å². The summed E-state index contributed by atoms with van der Waals surface area (Å²) in [6, 6.07) is 0.655. The molecule has 0 spiro atoms. The second-order valence-electron chi connectivity index (χ2n) is 9.30. The molecule has 34 heavy (non-hydrogen) atoms. The van der Waals surface area contributed by atoms with Gasteiger partial charge in [0.1, 0.15) is 4.70 Å². The van der Waals surface area contributed by atoms with Gasteiger partial charge in [0.25, 0.3) is 11.2 Å². The third kappa shape index (κ3) is 4.36. The van der Waals surface area contributed by atoms with Gasteiger partial charge in [0.05, 0.1) is 15.9 Å². The van der Waals surface area contributed by atoms with E-state index < -0.39 is 38.9 Å².